The summed E-state index contributed by atoms with van der Waals surface area (Å²) in [6, 6.07) is 3.02. The molecule has 2 rings (SSSR count). The minimum absolute atomic E-state index is 0.210. The molecular weight excluding hydrogens is 741 g/mol. The lowest BCUT2D eigenvalue weighted by atomic mass is 9.88. The van der Waals surface area contributed by atoms with E-state index in [2.05, 4.69) is 42.1 Å². The third-order valence-corrected chi connectivity index (χ3v) is 6.65. The summed E-state index contributed by atoms with van der Waals surface area (Å²) in [4.78, 5) is 0.822. The van der Waals surface area contributed by atoms with E-state index in [-0.39, 0.29) is 11.0 Å². The lowest BCUT2D eigenvalue weighted by molar-refractivity contribution is -0.461. The number of fused-ring (bicyclic) bond motifs is 1. The Morgan fingerprint density at radius 3 is 1.25 bits per heavy atom. The van der Waals surface area contributed by atoms with Crippen LogP contribution in [-0.2, 0) is 6.54 Å². The summed E-state index contributed by atoms with van der Waals surface area (Å²) >= 11 is 6.21. The first-order valence-corrected chi connectivity index (χ1v) is 11.6. The van der Waals surface area contributed by atoms with Gasteiger partial charge in [0.1, 0.15) is 11.0 Å². The van der Waals surface area contributed by atoms with Gasteiger partial charge in [-0.1, -0.05) is 0 Å². The van der Waals surface area contributed by atoms with Crippen LogP contribution in [0.25, 0.3) is 11.0 Å². The molecule has 0 aliphatic rings. The molecule has 0 amide bonds. The summed E-state index contributed by atoms with van der Waals surface area (Å²) in [6.45, 7) is -0.488. The monoisotopic (exact) mass is 749 g/mol. The second kappa shape index (κ2) is 10.3. The molecule has 40 heavy (non-hydrogen) atoms. The molecule has 0 radical (unpaired) electrons. The van der Waals surface area contributed by atoms with E-state index < -0.39 is 73.4 Å². The van der Waals surface area contributed by atoms with Crippen LogP contribution in [0.1, 0.15) is 19.3 Å². The molecule has 0 unspecified atom stereocenters. The molecule has 0 fully saturated rings. The Labute approximate surface area is 227 Å². The van der Waals surface area contributed by atoms with Crippen molar-refractivity contribution in [1.82, 2.24) is 15.0 Å². The van der Waals surface area contributed by atoms with Crippen molar-refractivity contribution in [3.8, 4) is 0 Å². The van der Waals surface area contributed by atoms with Gasteiger partial charge < -0.3 is 0 Å². The van der Waals surface area contributed by atoms with Gasteiger partial charge in [-0.05, 0) is 56.8 Å². The van der Waals surface area contributed by atoms with E-state index in [4.69, 9.17) is 0 Å². The van der Waals surface area contributed by atoms with Crippen molar-refractivity contribution in [3.05, 3.63) is 21.1 Å². The molecule has 0 bridgehead atoms. The van der Waals surface area contributed by atoms with Crippen LogP contribution in [0.2, 0.25) is 0 Å². The number of nitrogens with zero attached hydrogens (tertiary/aromatic N) is 3. The zero-order valence-electron chi connectivity index (χ0n) is 18.5. The van der Waals surface area contributed by atoms with Gasteiger partial charge in [-0.25, -0.2) is 0 Å². The Balaban J connectivity index is 2.27. The topological polar surface area (TPSA) is 30.7 Å². The Morgan fingerprint density at radius 2 is 0.875 bits per heavy atom. The van der Waals surface area contributed by atoms with Crippen molar-refractivity contribution in [2.75, 3.05) is 0 Å². The zero-order valence-corrected chi connectivity index (χ0v) is 21.7. The second-order valence-electron chi connectivity index (χ2n) is 8.13. The smallest absolute Gasteiger partial charge is 0.200 e. The van der Waals surface area contributed by atoms with Crippen LogP contribution in [0.4, 0.5) is 74.6 Å². The van der Waals surface area contributed by atoms with Crippen molar-refractivity contribution >= 4 is 42.9 Å². The van der Waals surface area contributed by atoms with E-state index in [9.17, 15) is 74.6 Å². The Morgan fingerprint density at radius 1 is 0.525 bits per heavy atom. The van der Waals surface area contributed by atoms with Gasteiger partial charge in [-0.15, -0.1) is 0 Å². The van der Waals surface area contributed by atoms with Gasteiger partial charge in [0.25, 0.3) is 0 Å². The fourth-order valence-electron chi connectivity index (χ4n) is 3.03. The summed E-state index contributed by atoms with van der Waals surface area (Å²) in [5.74, 6) is -56.2. The minimum Gasteiger partial charge on any atom is -0.200 e. The summed E-state index contributed by atoms with van der Waals surface area (Å²) in [5.41, 5.74) is 0.420. The van der Waals surface area contributed by atoms with Crippen molar-refractivity contribution in [1.29, 1.82) is 0 Å². The van der Waals surface area contributed by atoms with Gasteiger partial charge in [0, 0.05) is 15.4 Å². The van der Waals surface area contributed by atoms with Gasteiger partial charge >= 0.3 is 47.6 Å². The number of aryl methyl sites for hydroxylation is 1. The van der Waals surface area contributed by atoms with Gasteiger partial charge in [0.05, 0.1) is 6.54 Å². The van der Waals surface area contributed by atoms with Gasteiger partial charge in [0.2, 0.25) is 0 Å². The highest BCUT2D eigenvalue weighted by Gasteiger charge is 2.95. The molecule has 3 nitrogen and oxygen atoms in total. The first-order chi connectivity index (χ1) is 17.6. The van der Waals surface area contributed by atoms with Gasteiger partial charge in [-0.3, -0.25) is 0 Å². The molecule has 230 valence electrons. The molecule has 0 aliphatic heterocycles. The summed E-state index contributed by atoms with van der Waals surface area (Å²) in [6.07, 6.45) is -12.2. The number of unbranched alkanes of at least 4 members (excludes halogenated alkanes) is 1. The SMILES string of the molecule is FC(F)(F)C(F)(F)C(F)(F)C(F)(F)C(F)(F)C(F)(F)C(F)(F)C(F)(F)CCCCn1nc2c(Br)ccc(Br)c2n1. The van der Waals surface area contributed by atoms with E-state index in [0.717, 1.165) is 4.80 Å². The number of benzene rings is 1. The fourth-order valence-corrected chi connectivity index (χ4v) is 3.83. The van der Waals surface area contributed by atoms with Crippen LogP contribution in [-0.4, -0.2) is 62.6 Å². The second-order valence-corrected chi connectivity index (χ2v) is 9.84. The average Bonchev–Trinajstić information content (AvgIpc) is 3.23. The maximum Gasteiger partial charge on any atom is 0.460 e. The molecule has 0 saturated heterocycles. The summed E-state index contributed by atoms with van der Waals surface area (Å²) in [7, 11) is 0. The van der Waals surface area contributed by atoms with Crippen LogP contribution in [0.15, 0.2) is 21.1 Å². The third-order valence-electron chi connectivity index (χ3n) is 5.37. The first kappa shape index (κ1) is 34.6. The number of aromatic nitrogens is 3. The zero-order chi connectivity index (χ0) is 31.5. The highest BCUT2D eigenvalue weighted by molar-refractivity contribution is 9.11. The van der Waals surface area contributed by atoms with Crippen LogP contribution < -0.4 is 0 Å². The van der Waals surface area contributed by atoms with Crippen LogP contribution in [0.3, 0.4) is 0 Å². The predicted octanol–water partition coefficient (Wildman–Crippen LogP) is 9.14. The number of hydrogen-bond donors (Lipinski definition) is 0. The van der Waals surface area contributed by atoms with E-state index >= 15 is 0 Å². The van der Waals surface area contributed by atoms with Crippen molar-refractivity contribution in [2.45, 2.75) is 73.4 Å². The lowest BCUT2D eigenvalue weighted by Gasteiger charge is -2.42. The Kier molecular flexibility index (Phi) is 8.89. The molecule has 0 saturated carbocycles. The van der Waals surface area contributed by atoms with E-state index in [1.165, 1.54) is 12.1 Å². The highest BCUT2D eigenvalue weighted by Crippen LogP contribution is 2.64. The molecule has 0 N–H and O–H groups in total. The lowest BCUT2D eigenvalue weighted by Crippen LogP contribution is -2.74. The molecule has 22 heteroatoms. The van der Waals surface area contributed by atoms with Crippen molar-refractivity contribution < 1.29 is 74.6 Å². The van der Waals surface area contributed by atoms with Crippen molar-refractivity contribution in [3.63, 3.8) is 0 Å². The molecule has 2 aromatic rings. The molecule has 0 atom stereocenters. The molecule has 1 aromatic heterocycles. The van der Waals surface area contributed by atoms with Crippen LogP contribution in [0.5, 0.6) is 0 Å². The molecular formula is C18H10Br2F17N3. The number of alkyl halides is 17. The quantitative estimate of drug-likeness (QED) is 0.170. The Hall–Kier alpha value is -1.61. The third kappa shape index (κ3) is 5.12. The van der Waals surface area contributed by atoms with E-state index in [1.54, 1.807) is 0 Å². The van der Waals surface area contributed by atoms with E-state index in [0.29, 0.717) is 8.95 Å². The standard InChI is InChI=1S/C18H10Br2F17N3/c19-7-3-4-8(20)10-9(7)38-40(39-10)6-2-1-5-11(21,22)12(23,24)13(25,26)14(27,28)15(29,30)16(31,32)17(33,34)18(35,36)37/h3-4H,1-2,5-6H2. The molecule has 0 aliphatic carbocycles. The number of halogens is 19. The van der Waals surface area contributed by atoms with Crippen LogP contribution >= 0.6 is 31.9 Å². The van der Waals surface area contributed by atoms with Crippen LogP contribution in [0, 0.1) is 0 Å². The Bertz CT molecular complexity index is 1180. The van der Waals surface area contributed by atoms with E-state index in [1.807, 2.05) is 0 Å². The summed E-state index contributed by atoms with van der Waals surface area (Å²) in [5, 5.41) is 7.79. The fraction of sp³-hybridized carbons (Fsp3) is 0.667. The molecule has 0 spiro atoms. The molecule has 1 heterocycles. The maximum atomic E-state index is 14.0. The number of rotatable bonds is 11. The largest absolute Gasteiger partial charge is 0.460 e. The number of hydrogen-bond acceptors (Lipinski definition) is 2. The first-order valence-electron chi connectivity index (χ1n) is 10.0. The summed E-state index contributed by atoms with van der Waals surface area (Å²) < 4.78 is 227. The predicted molar refractivity (Wildman–Crippen MR) is 107 cm³/mol. The average molecular weight is 751 g/mol. The van der Waals surface area contributed by atoms with Gasteiger partial charge in [-0.2, -0.15) is 89.6 Å². The van der Waals surface area contributed by atoms with Crippen molar-refractivity contribution in [2.24, 2.45) is 0 Å². The molecule has 1 aromatic carbocycles. The minimum atomic E-state index is -8.63. The maximum absolute atomic E-state index is 14.0. The highest BCUT2D eigenvalue weighted by atomic mass is 79.9. The van der Waals surface area contributed by atoms with Gasteiger partial charge in [0.15, 0.2) is 0 Å². The normalized spacial score (nSPS) is 15.3.